The fraction of sp³-hybridized carbons (Fsp3) is 0.250. The number of Topliss-reactive ketones (excluding diaryl/α,β-unsaturated/α-hetero) is 1. The molecule has 0 aliphatic rings. The van der Waals surface area contributed by atoms with Crippen molar-refractivity contribution in [1.82, 2.24) is 0 Å². The molecule has 27 heavy (non-hydrogen) atoms. The Labute approximate surface area is 156 Å². The summed E-state index contributed by atoms with van der Waals surface area (Å²) in [7, 11) is 1.27. The first-order chi connectivity index (χ1) is 12.9. The molecule has 0 aliphatic carbocycles. The molecule has 0 saturated carbocycles. The summed E-state index contributed by atoms with van der Waals surface area (Å²) >= 11 is 0. The van der Waals surface area contributed by atoms with Gasteiger partial charge in [0.05, 0.1) is 19.1 Å². The summed E-state index contributed by atoms with van der Waals surface area (Å²) in [5, 5.41) is 2.69. The second-order valence-electron chi connectivity index (χ2n) is 5.81. The fourth-order valence-corrected chi connectivity index (χ4v) is 2.32. The number of methoxy groups -OCH3 is 1. The zero-order valence-corrected chi connectivity index (χ0v) is 15.1. The number of nitrogens with one attached hydrogen (secondary N) is 1. The van der Waals surface area contributed by atoms with Crippen LogP contribution in [0.5, 0.6) is 5.75 Å². The van der Waals surface area contributed by atoms with Crippen LogP contribution in [0.4, 0.5) is 10.1 Å². The van der Waals surface area contributed by atoms with Crippen molar-refractivity contribution in [1.29, 1.82) is 0 Å². The highest BCUT2D eigenvalue weighted by molar-refractivity contribution is 5.94. The van der Waals surface area contributed by atoms with Gasteiger partial charge >= 0.3 is 5.97 Å². The maximum absolute atomic E-state index is 13.8. The van der Waals surface area contributed by atoms with E-state index in [2.05, 4.69) is 10.1 Å². The van der Waals surface area contributed by atoms with Crippen LogP contribution in [-0.2, 0) is 20.9 Å². The van der Waals surface area contributed by atoms with E-state index >= 15 is 0 Å². The minimum Gasteiger partial charge on any atom is -0.489 e. The topological polar surface area (TPSA) is 81.7 Å². The molecule has 2 aromatic rings. The van der Waals surface area contributed by atoms with Gasteiger partial charge in [-0.15, -0.1) is 0 Å². The molecule has 2 aromatic carbocycles. The largest absolute Gasteiger partial charge is 0.489 e. The first-order valence-electron chi connectivity index (χ1n) is 8.28. The highest BCUT2D eigenvalue weighted by atomic mass is 19.1. The number of carbonyl (C=O) groups excluding carboxylic acids is 3. The molecule has 0 spiro atoms. The summed E-state index contributed by atoms with van der Waals surface area (Å²) in [6.07, 6.45) is 0.0299. The van der Waals surface area contributed by atoms with Crippen molar-refractivity contribution < 1.29 is 28.2 Å². The average Bonchev–Trinajstić information content (AvgIpc) is 2.64. The third-order valence-electron chi connectivity index (χ3n) is 3.72. The summed E-state index contributed by atoms with van der Waals surface area (Å²) in [6.45, 7) is 1.45. The third kappa shape index (κ3) is 6.22. The molecule has 0 unspecified atom stereocenters. The van der Waals surface area contributed by atoms with Gasteiger partial charge in [-0.1, -0.05) is 12.1 Å². The van der Waals surface area contributed by atoms with Gasteiger partial charge < -0.3 is 14.8 Å². The van der Waals surface area contributed by atoms with Crippen LogP contribution in [0.3, 0.4) is 0 Å². The molecule has 0 bridgehead atoms. The molecule has 0 heterocycles. The molecular formula is C20H20FNO5. The van der Waals surface area contributed by atoms with Gasteiger partial charge in [0.1, 0.15) is 18.2 Å². The molecule has 7 heteroatoms. The van der Waals surface area contributed by atoms with E-state index in [0.29, 0.717) is 11.4 Å². The van der Waals surface area contributed by atoms with Gasteiger partial charge in [-0.05, 0) is 36.8 Å². The standard InChI is InChI=1S/C20H20FNO5/c1-13(23)17-7-6-16(11-18(17)21)27-12-14-4-3-5-15(10-14)22-19(24)8-9-20(25)26-2/h3-7,10-11H,8-9,12H2,1-2H3,(H,22,24). The Morgan fingerprint density at radius 2 is 1.85 bits per heavy atom. The fourth-order valence-electron chi connectivity index (χ4n) is 2.32. The van der Waals surface area contributed by atoms with Crippen molar-refractivity contribution in [3.8, 4) is 5.75 Å². The molecule has 1 N–H and O–H groups in total. The zero-order chi connectivity index (χ0) is 19.8. The van der Waals surface area contributed by atoms with Crippen LogP contribution in [0.2, 0.25) is 0 Å². The van der Waals surface area contributed by atoms with Crippen molar-refractivity contribution in [2.75, 3.05) is 12.4 Å². The molecule has 0 fully saturated rings. The van der Waals surface area contributed by atoms with E-state index in [1.54, 1.807) is 24.3 Å². The molecule has 1 amide bonds. The highest BCUT2D eigenvalue weighted by Gasteiger charge is 2.09. The smallest absolute Gasteiger partial charge is 0.306 e. The first kappa shape index (κ1) is 20.1. The van der Waals surface area contributed by atoms with Crippen molar-refractivity contribution >= 4 is 23.3 Å². The maximum Gasteiger partial charge on any atom is 0.306 e. The lowest BCUT2D eigenvalue weighted by Gasteiger charge is -2.10. The number of hydrogen-bond donors (Lipinski definition) is 1. The highest BCUT2D eigenvalue weighted by Crippen LogP contribution is 2.19. The minimum absolute atomic E-state index is 0.00690. The van der Waals surface area contributed by atoms with E-state index in [1.165, 1.54) is 26.2 Å². The molecule has 142 valence electrons. The normalized spacial score (nSPS) is 10.2. The lowest BCUT2D eigenvalue weighted by molar-refractivity contribution is -0.141. The van der Waals surface area contributed by atoms with Crippen LogP contribution >= 0.6 is 0 Å². The molecular weight excluding hydrogens is 353 g/mol. The Morgan fingerprint density at radius 1 is 1.07 bits per heavy atom. The predicted octanol–water partition coefficient (Wildman–Crippen LogP) is 3.50. The number of halogens is 1. The van der Waals surface area contributed by atoms with E-state index in [4.69, 9.17) is 4.74 Å². The number of benzene rings is 2. The van der Waals surface area contributed by atoms with E-state index in [0.717, 1.165) is 11.6 Å². The van der Waals surface area contributed by atoms with Crippen LogP contribution in [0.25, 0.3) is 0 Å². The van der Waals surface area contributed by atoms with Gasteiger partial charge in [0.15, 0.2) is 5.78 Å². The van der Waals surface area contributed by atoms with E-state index < -0.39 is 11.8 Å². The minimum atomic E-state index is -0.633. The average molecular weight is 373 g/mol. The lowest BCUT2D eigenvalue weighted by Crippen LogP contribution is -2.14. The number of hydrogen-bond acceptors (Lipinski definition) is 5. The number of ether oxygens (including phenoxy) is 2. The summed E-state index contributed by atoms with van der Waals surface area (Å²) in [4.78, 5) is 34.1. The third-order valence-corrected chi connectivity index (χ3v) is 3.72. The molecule has 0 aliphatic heterocycles. The number of esters is 1. The summed E-state index contributed by atoms with van der Waals surface area (Å²) in [6, 6.07) is 11.0. The monoisotopic (exact) mass is 373 g/mol. The SMILES string of the molecule is COC(=O)CCC(=O)Nc1cccc(COc2ccc(C(C)=O)c(F)c2)c1. The van der Waals surface area contributed by atoms with Gasteiger partial charge in [0.25, 0.3) is 0 Å². The molecule has 6 nitrogen and oxygen atoms in total. The van der Waals surface area contributed by atoms with Crippen LogP contribution in [-0.4, -0.2) is 24.8 Å². The Hall–Kier alpha value is -3.22. The number of rotatable bonds is 8. The predicted molar refractivity (Wildman–Crippen MR) is 97.1 cm³/mol. The molecule has 0 aromatic heterocycles. The van der Waals surface area contributed by atoms with Crippen LogP contribution in [0.15, 0.2) is 42.5 Å². The number of carbonyl (C=O) groups is 3. The summed E-state index contributed by atoms with van der Waals surface area (Å²) in [5.74, 6) is -1.44. The van der Waals surface area contributed by atoms with Crippen LogP contribution in [0.1, 0.15) is 35.7 Å². The van der Waals surface area contributed by atoms with Crippen molar-refractivity contribution in [3.05, 3.63) is 59.4 Å². The van der Waals surface area contributed by atoms with E-state index in [9.17, 15) is 18.8 Å². The van der Waals surface area contributed by atoms with E-state index in [-0.39, 0.29) is 36.7 Å². The quantitative estimate of drug-likeness (QED) is 0.566. The lowest BCUT2D eigenvalue weighted by atomic mass is 10.1. The molecule has 0 atom stereocenters. The Bertz CT molecular complexity index is 850. The number of anilines is 1. The van der Waals surface area contributed by atoms with Gasteiger partial charge in [-0.2, -0.15) is 0 Å². The van der Waals surface area contributed by atoms with Crippen molar-refractivity contribution in [2.45, 2.75) is 26.4 Å². The van der Waals surface area contributed by atoms with Gasteiger partial charge in [-0.25, -0.2) is 4.39 Å². The Kier molecular flexibility index (Phi) is 7.05. The zero-order valence-electron chi connectivity index (χ0n) is 15.1. The molecule has 0 radical (unpaired) electrons. The maximum atomic E-state index is 13.8. The van der Waals surface area contributed by atoms with Gasteiger partial charge in [-0.3, -0.25) is 14.4 Å². The Morgan fingerprint density at radius 3 is 2.52 bits per heavy atom. The number of ketones is 1. The van der Waals surface area contributed by atoms with Crippen LogP contribution < -0.4 is 10.1 Å². The Balaban J connectivity index is 1.93. The second-order valence-corrected chi connectivity index (χ2v) is 5.81. The van der Waals surface area contributed by atoms with Crippen LogP contribution in [0, 0.1) is 5.82 Å². The van der Waals surface area contributed by atoms with Gasteiger partial charge in [0.2, 0.25) is 5.91 Å². The molecule has 0 saturated heterocycles. The van der Waals surface area contributed by atoms with E-state index in [1.807, 2.05) is 0 Å². The summed E-state index contributed by atoms with van der Waals surface area (Å²) < 4.78 is 23.8. The second kappa shape index (κ2) is 9.47. The van der Waals surface area contributed by atoms with Crippen molar-refractivity contribution in [3.63, 3.8) is 0 Å². The summed E-state index contributed by atoms with van der Waals surface area (Å²) in [5.41, 5.74) is 1.33. The van der Waals surface area contributed by atoms with Gasteiger partial charge in [0, 0.05) is 18.2 Å². The first-order valence-corrected chi connectivity index (χ1v) is 8.28. The molecule has 2 rings (SSSR count). The number of amides is 1. The van der Waals surface area contributed by atoms with Crippen molar-refractivity contribution in [2.24, 2.45) is 0 Å².